The Kier molecular flexibility index (Phi) is 2.00. The fraction of sp³-hybridized carbons (Fsp3) is 0.400. The van der Waals surface area contributed by atoms with Gasteiger partial charge in [-0.1, -0.05) is 18.2 Å². The molecule has 0 atom stereocenters. The van der Waals surface area contributed by atoms with Crippen molar-refractivity contribution in [3.63, 3.8) is 0 Å². The molecule has 0 spiro atoms. The van der Waals surface area contributed by atoms with E-state index in [0.717, 1.165) is 29.9 Å². The summed E-state index contributed by atoms with van der Waals surface area (Å²) < 4.78 is 0. The van der Waals surface area contributed by atoms with Gasteiger partial charge in [-0.25, -0.2) is 0 Å². The minimum atomic E-state index is 0.634. The maximum absolute atomic E-state index is 11.1. The van der Waals surface area contributed by atoms with Crippen molar-refractivity contribution < 1.29 is 0 Å². The molecule has 12 heavy (non-hydrogen) atoms. The zero-order valence-electron chi connectivity index (χ0n) is 6.99. The van der Waals surface area contributed by atoms with E-state index in [9.17, 15) is 5.21 Å². The number of hydrogen-bond donors (Lipinski definition) is 0. The molecule has 0 saturated heterocycles. The summed E-state index contributed by atoms with van der Waals surface area (Å²) in [6.45, 7) is 0.634. The van der Waals surface area contributed by atoms with Gasteiger partial charge in [-0.3, -0.25) is 0 Å². The van der Waals surface area contributed by atoms with Gasteiger partial charge in [0.1, 0.15) is 0 Å². The molecular weight excluding hydrogens is 150 g/mol. The molecule has 1 aliphatic heterocycles. The fourth-order valence-corrected chi connectivity index (χ4v) is 1.65. The zero-order valence-corrected chi connectivity index (χ0v) is 6.99. The summed E-state index contributed by atoms with van der Waals surface area (Å²) in [4.78, 5) is 0. The molecule has 2 nitrogen and oxygen atoms in total. The van der Waals surface area contributed by atoms with Crippen LogP contribution in [0.3, 0.4) is 0 Å². The molecular formula is C10H12NO-. The zero-order chi connectivity index (χ0) is 8.39. The van der Waals surface area contributed by atoms with Crippen LogP contribution in [0.25, 0.3) is 0 Å². The van der Waals surface area contributed by atoms with Crippen molar-refractivity contribution in [1.82, 2.24) is 5.06 Å². The van der Waals surface area contributed by atoms with Crippen molar-refractivity contribution in [3.8, 4) is 0 Å². The Morgan fingerprint density at radius 2 is 2.33 bits per heavy atom. The molecule has 0 radical (unpaired) electrons. The molecule has 0 amide bonds. The van der Waals surface area contributed by atoms with Gasteiger partial charge in [0, 0.05) is 6.54 Å². The summed E-state index contributed by atoms with van der Waals surface area (Å²) in [5.41, 5.74) is 2.45. The van der Waals surface area contributed by atoms with Crippen molar-refractivity contribution in [1.29, 1.82) is 0 Å². The number of nitrogens with zero attached hydrogens (tertiary/aromatic N) is 1. The lowest BCUT2D eigenvalue weighted by Gasteiger charge is -2.24. The van der Waals surface area contributed by atoms with E-state index < -0.39 is 0 Å². The second-order valence-electron chi connectivity index (χ2n) is 3.20. The Hall–Kier alpha value is -1.02. The lowest BCUT2D eigenvalue weighted by molar-refractivity contribution is 0.500. The Bertz CT molecular complexity index is 263. The van der Waals surface area contributed by atoms with Crippen LogP contribution in [-0.2, 0) is 0 Å². The maximum Gasteiger partial charge on any atom is 0.00550 e. The number of rotatable bonds is 0. The third-order valence-corrected chi connectivity index (χ3v) is 2.28. The first-order chi connectivity index (χ1) is 5.86. The monoisotopic (exact) mass is 162 g/mol. The van der Waals surface area contributed by atoms with Gasteiger partial charge in [-0.2, -0.15) is 0 Å². The average molecular weight is 162 g/mol. The lowest BCUT2D eigenvalue weighted by atomic mass is 9.97. The van der Waals surface area contributed by atoms with E-state index in [2.05, 4.69) is 12.2 Å². The SMILES string of the molecule is [O-]N1C=C2C=CCC=C2CCC1. The number of hydrogen-bond acceptors (Lipinski definition) is 2. The normalized spacial score (nSPS) is 22.6. The van der Waals surface area contributed by atoms with Crippen LogP contribution in [0.15, 0.2) is 35.6 Å². The van der Waals surface area contributed by atoms with Gasteiger partial charge in [0.2, 0.25) is 0 Å². The van der Waals surface area contributed by atoms with E-state index in [-0.39, 0.29) is 0 Å². The number of fused-ring (bicyclic) bond motifs is 1. The molecule has 0 aromatic heterocycles. The van der Waals surface area contributed by atoms with Gasteiger partial charge < -0.3 is 10.3 Å². The topological polar surface area (TPSA) is 26.3 Å². The quantitative estimate of drug-likeness (QED) is 0.546. The molecule has 0 fully saturated rings. The molecule has 0 saturated carbocycles. The molecule has 0 unspecified atom stereocenters. The van der Waals surface area contributed by atoms with E-state index in [1.165, 1.54) is 5.57 Å². The highest BCUT2D eigenvalue weighted by Gasteiger charge is 2.08. The molecule has 1 heterocycles. The Morgan fingerprint density at radius 1 is 1.42 bits per heavy atom. The molecule has 0 bridgehead atoms. The Morgan fingerprint density at radius 3 is 3.25 bits per heavy atom. The minimum Gasteiger partial charge on any atom is -0.759 e. The van der Waals surface area contributed by atoms with Crippen molar-refractivity contribution in [2.24, 2.45) is 0 Å². The molecule has 2 aliphatic rings. The van der Waals surface area contributed by atoms with Crippen LogP contribution >= 0.6 is 0 Å². The van der Waals surface area contributed by atoms with Gasteiger partial charge in [0.05, 0.1) is 0 Å². The Balaban J connectivity index is 2.28. The van der Waals surface area contributed by atoms with E-state index in [0.29, 0.717) is 6.54 Å². The van der Waals surface area contributed by atoms with Gasteiger partial charge in [0.25, 0.3) is 0 Å². The van der Waals surface area contributed by atoms with Crippen molar-refractivity contribution >= 4 is 0 Å². The summed E-state index contributed by atoms with van der Waals surface area (Å²) in [7, 11) is 0. The molecule has 0 aromatic carbocycles. The number of hydroxylamine groups is 2. The number of allylic oxidation sites excluding steroid dienone is 5. The molecule has 64 valence electrons. The van der Waals surface area contributed by atoms with Gasteiger partial charge in [0.15, 0.2) is 0 Å². The predicted molar refractivity (Wildman–Crippen MR) is 49.2 cm³/mol. The molecule has 1 aliphatic carbocycles. The second-order valence-corrected chi connectivity index (χ2v) is 3.20. The smallest absolute Gasteiger partial charge is 0.00550 e. The van der Waals surface area contributed by atoms with Crippen LogP contribution in [0.2, 0.25) is 0 Å². The highest BCUT2D eigenvalue weighted by Crippen LogP contribution is 2.25. The van der Waals surface area contributed by atoms with Crippen molar-refractivity contribution in [2.45, 2.75) is 19.3 Å². The van der Waals surface area contributed by atoms with Crippen LogP contribution in [0, 0.1) is 5.21 Å². The van der Waals surface area contributed by atoms with Gasteiger partial charge in [-0.05, 0) is 36.6 Å². The molecule has 0 N–H and O–H groups in total. The van der Waals surface area contributed by atoms with Crippen molar-refractivity contribution in [3.05, 3.63) is 40.8 Å². The fourth-order valence-electron chi connectivity index (χ4n) is 1.65. The largest absolute Gasteiger partial charge is 0.759 e. The first-order valence-electron chi connectivity index (χ1n) is 4.38. The average Bonchev–Trinajstić information content (AvgIpc) is 2.25. The van der Waals surface area contributed by atoms with E-state index in [1.54, 1.807) is 6.20 Å². The van der Waals surface area contributed by atoms with E-state index >= 15 is 0 Å². The summed E-state index contributed by atoms with van der Waals surface area (Å²) >= 11 is 0. The van der Waals surface area contributed by atoms with Crippen LogP contribution in [-0.4, -0.2) is 11.6 Å². The maximum atomic E-state index is 11.1. The second kappa shape index (κ2) is 3.15. The third kappa shape index (κ3) is 1.43. The highest BCUT2D eigenvalue weighted by molar-refractivity contribution is 5.43. The van der Waals surface area contributed by atoms with Gasteiger partial charge >= 0.3 is 0 Å². The van der Waals surface area contributed by atoms with Crippen LogP contribution in [0.4, 0.5) is 0 Å². The van der Waals surface area contributed by atoms with Crippen LogP contribution in [0.5, 0.6) is 0 Å². The molecule has 2 heteroatoms. The Labute approximate surface area is 72.5 Å². The van der Waals surface area contributed by atoms with Crippen LogP contribution < -0.4 is 0 Å². The van der Waals surface area contributed by atoms with E-state index in [1.807, 2.05) is 6.08 Å². The summed E-state index contributed by atoms with van der Waals surface area (Å²) in [6.07, 6.45) is 11.1. The van der Waals surface area contributed by atoms with E-state index in [4.69, 9.17) is 0 Å². The summed E-state index contributed by atoms with van der Waals surface area (Å²) in [6, 6.07) is 0. The molecule has 2 rings (SSSR count). The summed E-state index contributed by atoms with van der Waals surface area (Å²) in [5, 5.41) is 12.2. The molecule has 0 aromatic rings. The van der Waals surface area contributed by atoms with Crippen molar-refractivity contribution in [2.75, 3.05) is 6.54 Å². The predicted octanol–water partition coefficient (Wildman–Crippen LogP) is 2.35. The summed E-state index contributed by atoms with van der Waals surface area (Å²) in [5.74, 6) is 0. The third-order valence-electron chi connectivity index (χ3n) is 2.28. The first kappa shape index (κ1) is 7.62. The van der Waals surface area contributed by atoms with Gasteiger partial charge in [-0.15, -0.1) is 0 Å². The standard InChI is InChI=1S/C10H12NO/c12-11-7-3-6-9-4-1-2-5-10(9)8-11/h2,4-5,8H,1,3,6-7H2/q-1. The highest BCUT2D eigenvalue weighted by atomic mass is 16.5. The van der Waals surface area contributed by atoms with Crippen LogP contribution in [0.1, 0.15) is 19.3 Å². The lowest BCUT2D eigenvalue weighted by Crippen LogP contribution is -2.07. The first-order valence-corrected chi connectivity index (χ1v) is 4.38. The minimum absolute atomic E-state index is 0.634.